The Kier molecular flexibility index (Phi) is 28.1. The predicted octanol–water partition coefficient (Wildman–Crippen LogP) is 4.12. The number of alkyl halides is 1. The van der Waals surface area contributed by atoms with Crippen LogP contribution < -0.4 is 118 Å². The van der Waals surface area contributed by atoms with Crippen molar-refractivity contribution in [3.63, 3.8) is 0 Å². The van der Waals surface area contributed by atoms with Crippen LogP contribution in [0.3, 0.4) is 0 Å². The fourth-order valence-corrected chi connectivity index (χ4v) is 18.3. The zero-order chi connectivity index (χ0) is 52.1. The van der Waals surface area contributed by atoms with Crippen LogP contribution in [0.4, 0.5) is 0 Å². The molecule has 0 spiro atoms. The zero-order valence-electron chi connectivity index (χ0n) is 47.7. The molecule has 15 nitrogen and oxygen atoms in total. The Morgan fingerprint density at radius 1 is 0.724 bits per heavy atom. The van der Waals surface area contributed by atoms with Gasteiger partial charge >= 0.3 is 103 Å². The van der Waals surface area contributed by atoms with E-state index >= 15 is 0 Å². The molecule has 8 aliphatic carbocycles. The normalized spacial score (nSPS) is 39.1. The molecule has 0 saturated heterocycles. The number of H-pyrrole nitrogens is 1. The first-order chi connectivity index (χ1) is 34.3. The number of carbonyl (C=O) groups excluding carboxylic acids is 3. The van der Waals surface area contributed by atoms with Crippen LogP contribution in [0.15, 0.2) is 24.8 Å². The van der Waals surface area contributed by atoms with Crippen molar-refractivity contribution in [2.45, 2.75) is 183 Å². The molecule has 0 bridgehead atoms. The third kappa shape index (κ3) is 14.8. The maximum absolute atomic E-state index is 13.5. The molecule has 0 unspecified atom stereocenters. The van der Waals surface area contributed by atoms with Crippen LogP contribution in [0.1, 0.15) is 166 Å². The summed E-state index contributed by atoms with van der Waals surface area (Å²) in [6.45, 7) is 13.6. The van der Waals surface area contributed by atoms with Crippen molar-refractivity contribution < 1.29 is 158 Å². The number of Topliss-reactive ketones (excluding diaryl/α,β-unsaturated/α-hetero) is 2. The number of aromatic nitrogens is 4. The Hall–Kier alpha value is 0.383. The van der Waals surface area contributed by atoms with Gasteiger partial charge in [-0.3, -0.25) is 24.2 Å². The van der Waals surface area contributed by atoms with Gasteiger partial charge in [0.15, 0.2) is 17.3 Å². The van der Waals surface area contributed by atoms with Gasteiger partial charge in [0.05, 0.1) is 74.8 Å². The monoisotopic (exact) mass is 1180 g/mol. The summed E-state index contributed by atoms with van der Waals surface area (Å²) in [5.74, 6) is 8.28. The first-order valence-corrected chi connectivity index (χ1v) is 28.4. The van der Waals surface area contributed by atoms with Gasteiger partial charge in [0.1, 0.15) is 5.78 Å². The van der Waals surface area contributed by atoms with Gasteiger partial charge in [0.25, 0.3) is 6.47 Å². The Labute approximate surface area is 551 Å². The summed E-state index contributed by atoms with van der Waals surface area (Å²) in [5, 5.41) is 41.6. The van der Waals surface area contributed by atoms with Crippen molar-refractivity contribution in [1.29, 1.82) is 0 Å². The van der Waals surface area contributed by atoms with Gasteiger partial charge in [-0.2, -0.15) is 10.2 Å². The average molecular weight is 1180 g/mol. The molecular formula is C58H97BrK2N4O11. The van der Waals surface area contributed by atoms with E-state index in [9.17, 15) is 19.8 Å². The molecule has 76 heavy (non-hydrogen) atoms. The molecular weight excluding hydrogens is 1090 g/mol. The largest absolute Gasteiger partial charge is 1.00 e. The zero-order valence-corrected chi connectivity index (χ0v) is 54.5. The van der Waals surface area contributed by atoms with Gasteiger partial charge in [0, 0.05) is 26.1 Å². The van der Waals surface area contributed by atoms with Crippen LogP contribution in [0.25, 0.3) is 0 Å². The van der Waals surface area contributed by atoms with E-state index in [0.29, 0.717) is 71.8 Å². The molecule has 18 heteroatoms. The number of hydrogen-bond acceptors (Lipinski definition) is 13. The van der Waals surface area contributed by atoms with E-state index in [2.05, 4.69) is 63.8 Å². The molecule has 2 aromatic heterocycles. The third-order valence-corrected chi connectivity index (χ3v) is 21.9. The third-order valence-electron chi connectivity index (χ3n) is 21.4. The quantitative estimate of drug-likeness (QED) is 0.0850. The topological polar surface area (TPSA) is 207 Å². The first kappa shape index (κ1) is 70.6. The van der Waals surface area contributed by atoms with Crippen LogP contribution in [0, 0.1) is 80.8 Å². The van der Waals surface area contributed by atoms with Gasteiger partial charge in [-0.1, -0.05) is 58.5 Å². The number of carbonyl (C=O) groups is 3. The summed E-state index contributed by atoms with van der Waals surface area (Å²) in [6, 6.07) is 0. The smallest absolute Gasteiger partial charge is 1.00 e. The van der Waals surface area contributed by atoms with Crippen LogP contribution in [-0.4, -0.2) is 106 Å². The minimum atomic E-state index is -0.644. The van der Waals surface area contributed by atoms with Gasteiger partial charge in [-0.05, 0) is 192 Å². The number of methoxy groups -OCH3 is 3. The van der Waals surface area contributed by atoms with Crippen molar-refractivity contribution in [3.05, 3.63) is 24.8 Å². The molecule has 16 atom stereocenters. The summed E-state index contributed by atoms with van der Waals surface area (Å²) >= 11 is 3.43. The van der Waals surface area contributed by atoms with E-state index in [1.165, 1.54) is 57.8 Å². The van der Waals surface area contributed by atoms with Crippen LogP contribution in [-0.2, 0) is 35.3 Å². The number of nitrogens with zero attached hydrogens (tertiary/aromatic N) is 3. The molecule has 10 rings (SSSR count). The van der Waals surface area contributed by atoms with Crippen LogP contribution >= 0.6 is 15.9 Å². The molecule has 424 valence electrons. The Bertz CT molecular complexity index is 2110. The number of aliphatic hydroxyl groups is 2. The van der Waals surface area contributed by atoms with Crippen molar-refractivity contribution in [3.8, 4) is 11.5 Å². The minimum absolute atomic E-state index is 0. The van der Waals surface area contributed by atoms with Crippen LogP contribution in [0.2, 0.25) is 0 Å². The van der Waals surface area contributed by atoms with Crippen molar-refractivity contribution in [2.24, 2.45) is 80.8 Å². The second kappa shape index (κ2) is 30.3. The SMILES string of the molecule is C.C.CCOc1cnn(CC(=O)[C@H]2CC[C@H]3[C@@H]4CC[C@H]5C[C@@](O)(COC)CC[C@]5(C)[C@H]4CC[C@]23C)c1.COC[C@@]1(O)CC[C@@]2(C)[C@@H](CC[C@@H]3[C@@H]2CC[C@]2(C)[C@@H](C(=O)CBr)CC[C@@H]32)C1.COc1cn[nH]c1.O=CO[O-].[H-].[K+].[K+]. The first-order valence-electron chi connectivity index (χ1n) is 27.3. The second-order valence-electron chi connectivity index (χ2n) is 24.6. The van der Waals surface area contributed by atoms with Gasteiger partial charge < -0.3 is 40.7 Å². The van der Waals surface area contributed by atoms with E-state index in [0.717, 1.165) is 98.9 Å². The van der Waals surface area contributed by atoms with Gasteiger partial charge in [0.2, 0.25) is 0 Å². The molecule has 2 heterocycles. The number of hydrogen-bond donors (Lipinski definition) is 3. The molecule has 8 saturated carbocycles. The molecule has 0 aliphatic heterocycles. The number of fused-ring (bicyclic) bond motifs is 10. The fraction of sp³-hybridized carbons (Fsp3) is 0.845. The Balaban J connectivity index is 0.000000422. The standard InChI is InChI=1S/C28H44N2O4.C23H37BrO3.C4H6N2O.CH2O3.2CH4.2K.H/c1-5-34-20-15-29-30(16-20)17-25(31)24-9-8-22-21-7-6-19-14-28(32,18-33-4)13-12-26(19,2)23(21)10-11-27(22,24)3;1-21-10-11-23(26,14-27-3)12-15(21)4-5-16-17-6-7-19(20(25)13-24)22(17,2)9-8-18(16)21;1-7-4-2-5-6-3-4;2-1-4-3;;;;;/h15-16,19,21-24,32H,5-14,17-18H2,1-4H3;15-19,26H,4-14H2,1-3H3;2-3H,1H3,(H,5,6);1,3H;2*1H4;;;/q;;;;;;2*+1;-1/p-1/t19-,21-,22-,23-,24+,26-,27-,28+;15-,16-,17-,18-,19+,21-,22-,23+;;;;;;;/m00......./s1. The maximum Gasteiger partial charge on any atom is 1.00 e. The number of ketones is 2. The summed E-state index contributed by atoms with van der Waals surface area (Å²) in [4.78, 5) is 37.3. The van der Waals surface area contributed by atoms with E-state index in [1.807, 2.05) is 13.1 Å². The maximum atomic E-state index is 13.5. The van der Waals surface area contributed by atoms with E-state index in [-0.39, 0.29) is 148 Å². The molecule has 3 N–H and O–H groups in total. The van der Waals surface area contributed by atoms with E-state index < -0.39 is 11.2 Å². The van der Waals surface area contributed by atoms with Crippen molar-refractivity contribution in [2.75, 3.05) is 46.5 Å². The summed E-state index contributed by atoms with van der Waals surface area (Å²) in [6.07, 6.45) is 27.1. The molecule has 0 aromatic carbocycles. The predicted molar refractivity (Wildman–Crippen MR) is 288 cm³/mol. The van der Waals surface area contributed by atoms with E-state index in [1.54, 1.807) is 44.6 Å². The Morgan fingerprint density at radius 3 is 1.59 bits per heavy atom. The summed E-state index contributed by atoms with van der Waals surface area (Å²) < 4.78 is 22.7. The summed E-state index contributed by atoms with van der Waals surface area (Å²) in [5.41, 5.74) is -0.244. The molecule has 8 aliphatic rings. The molecule has 0 radical (unpaired) electrons. The second-order valence-corrected chi connectivity index (χ2v) is 25.1. The number of rotatable bonds is 13. The van der Waals surface area contributed by atoms with Gasteiger partial charge in [-0.15, -0.1) is 0 Å². The summed E-state index contributed by atoms with van der Waals surface area (Å²) in [7, 11) is 5.01. The number of ether oxygens (including phenoxy) is 4. The number of halogens is 1. The minimum Gasteiger partial charge on any atom is -1.00 e. The van der Waals surface area contributed by atoms with E-state index in [4.69, 9.17) is 29.0 Å². The van der Waals surface area contributed by atoms with Gasteiger partial charge in [-0.25, -0.2) is 0 Å². The molecule has 8 fully saturated rings. The number of nitrogens with one attached hydrogen (secondary N) is 1. The van der Waals surface area contributed by atoms with Crippen LogP contribution in [0.5, 0.6) is 11.5 Å². The number of aromatic amines is 1. The Morgan fingerprint density at radius 2 is 1.20 bits per heavy atom. The molecule has 2 aromatic rings. The molecule has 0 amide bonds. The van der Waals surface area contributed by atoms with Crippen molar-refractivity contribution in [1.82, 2.24) is 20.0 Å². The fourth-order valence-electron chi connectivity index (χ4n) is 17.9. The van der Waals surface area contributed by atoms with Crippen molar-refractivity contribution >= 4 is 34.0 Å². The average Bonchev–Trinajstić information content (AvgIpc) is 4.19.